The van der Waals surface area contributed by atoms with Crippen molar-refractivity contribution in [3.8, 4) is 0 Å². The first-order valence-electron chi connectivity index (χ1n) is 7.34. The second kappa shape index (κ2) is 6.08. The smallest absolute Gasteiger partial charge is 0.290 e. The van der Waals surface area contributed by atoms with Crippen LogP contribution < -0.4 is 0 Å². The van der Waals surface area contributed by atoms with Crippen LogP contribution in [0.5, 0.6) is 0 Å². The maximum absolute atomic E-state index is 12.4. The second-order valence-electron chi connectivity index (χ2n) is 5.21. The van der Waals surface area contributed by atoms with E-state index in [0.29, 0.717) is 11.5 Å². The Bertz CT molecular complexity index is 750. The molecular formula is C17H16N2O4. The van der Waals surface area contributed by atoms with Crippen LogP contribution in [0, 0.1) is 0 Å². The van der Waals surface area contributed by atoms with E-state index in [1.54, 1.807) is 43.5 Å². The summed E-state index contributed by atoms with van der Waals surface area (Å²) in [5.41, 5.74) is 0.635. The number of aliphatic hydroxyl groups excluding tert-OH is 1. The lowest BCUT2D eigenvalue weighted by Crippen LogP contribution is -2.31. The number of furan rings is 1. The monoisotopic (exact) mass is 312 g/mol. The molecule has 118 valence electrons. The Morgan fingerprint density at radius 1 is 1.35 bits per heavy atom. The van der Waals surface area contributed by atoms with Crippen LogP contribution in [0.3, 0.4) is 0 Å². The summed E-state index contributed by atoms with van der Waals surface area (Å²) in [6.07, 6.45) is 3.30. The molecule has 1 amide bonds. The molecule has 1 unspecified atom stereocenters. The molecular weight excluding hydrogens is 296 g/mol. The van der Waals surface area contributed by atoms with Gasteiger partial charge in [0.2, 0.25) is 0 Å². The average Bonchev–Trinajstić information content (AvgIpc) is 3.17. The van der Waals surface area contributed by atoms with E-state index in [1.807, 2.05) is 0 Å². The van der Waals surface area contributed by atoms with E-state index < -0.39 is 17.7 Å². The minimum Gasteiger partial charge on any atom is -0.503 e. The third-order valence-corrected chi connectivity index (χ3v) is 3.80. The van der Waals surface area contributed by atoms with Gasteiger partial charge in [-0.15, -0.1) is 0 Å². The number of aromatic nitrogens is 1. The SMILES string of the molecule is CCC(=O)C1=C(O)C(=O)N(Cc2ccco2)C1c1ccccn1. The van der Waals surface area contributed by atoms with E-state index in [0.717, 1.165) is 0 Å². The highest BCUT2D eigenvalue weighted by Crippen LogP contribution is 2.38. The lowest BCUT2D eigenvalue weighted by molar-refractivity contribution is -0.130. The molecule has 2 aromatic heterocycles. The number of aliphatic hydroxyl groups is 1. The van der Waals surface area contributed by atoms with Gasteiger partial charge in [-0.05, 0) is 24.3 Å². The zero-order valence-electron chi connectivity index (χ0n) is 12.6. The van der Waals surface area contributed by atoms with Crippen molar-refractivity contribution in [3.63, 3.8) is 0 Å². The minimum atomic E-state index is -0.707. The van der Waals surface area contributed by atoms with E-state index in [-0.39, 0.29) is 24.3 Å². The molecule has 0 fully saturated rings. The molecule has 2 aromatic rings. The van der Waals surface area contributed by atoms with E-state index in [4.69, 9.17) is 4.42 Å². The number of hydrogen-bond donors (Lipinski definition) is 1. The number of rotatable bonds is 5. The number of ketones is 1. The summed E-state index contributed by atoms with van der Waals surface area (Å²) < 4.78 is 5.29. The molecule has 1 aliphatic heterocycles. The van der Waals surface area contributed by atoms with Crippen molar-refractivity contribution in [1.29, 1.82) is 0 Å². The molecule has 0 aromatic carbocycles. The predicted molar refractivity (Wildman–Crippen MR) is 81.2 cm³/mol. The Kier molecular flexibility index (Phi) is 3.97. The molecule has 0 spiro atoms. The molecule has 23 heavy (non-hydrogen) atoms. The quantitative estimate of drug-likeness (QED) is 0.917. The number of nitrogens with zero attached hydrogens (tertiary/aromatic N) is 2. The largest absolute Gasteiger partial charge is 0.503 e. The number of pyridine rings is 1. The van der Waals surface area contributed by atoms with Gasteiger partial charge in [0.25, 0.3) is 5.91 Å². The summed E-state index contributed by atoms with van der Waals surface area (Å²) in [6, 6.07) is 8.01. The summed E-state index contributed by atoms with van der Waals surface area (Å²) in [5, 5.41) is 10.2. The maximum Gasteiger partial charge on any atom is 0.290 e. The molecule has 3 heterocycles. The lowest BCUT2D eigenvalue weighted by Gasteiger charge is -2.25. The van der Waals surface area contributed by atoms with Crippen LogP contribution in [-0.2, 0) is 16.1 Å². The first kappa shape index (κ1) is 15.0. The van der Waals surface area contributed by atoms with Crippen molar-refractivity contribution in [3.05, 3.63) is 65.6 Å². The molecule has 3 rings (SSSR count). The number of carbonyl (C=O) groups is 2. The third kappa shape index (κ3) is 2.63. The van der Waals surface area contributed by atoms with Crippen molar-refractivity contribution < 1.29 is 19.1 Å². The van der Waals surface area contributed by atoms with Crippen molar-refractivity contribution in [2.45, 2.75) is 25.9 Å². The molecule has 0 saturated heterocycles. The molecule has 1 atom stereocenters. The normalized spacial score (nSPS) is 17.9. The van der Waals surface area contributed by atoms with Crippen LogP contribution in [0.25, 0.3) is 0 Å². The topological polar surface area (TPSA) is 83.6 Å². The first-order chi connectivity index (χ1) is 11.1. The number of hydrogen-bond acceptors (Lipinski definition) is 5. The van der Waals surface area contributed by atoms with E-state index in [1.165, 1.54) is 11.2 Å². The van der Waals surface area contributed by atoms with Crippen molar-refractivity contribution in [2.24, 2.45) is 0 Å². The lowest BCUT2D eigenvalue weighted by atomic mass is 9.98. The van der Waals surface area contributed by atoms with Crippen molar-refractivity contribution >= 4 is 11.7 Å². The van der Waals surface area contributed by atoms with Crippen LogP contribution in [0.1, 0.15) is 30.8 Å². The highest BCUT2D eigenvalue weighted by atomic mass is 16.3. The maximum atomic E-state index is 12.4. The van der Waals surface area contributed by atoms with Gasteiger partial charge in [0.1, 0.15) is 11.8 Å². The number of amides is 1. The van der Waals surface area contributed by atoms with Gasteiger partial charge in [-0.25, -0.2) is 0 Å². The molecule has 6 heteroatoms. The fraction of sp³-hybridized carbons (Fsp3) is 0.235. The second-order valence-corrected chi connectivity index (χ2v) is 5.21. The van der Waals surface area contributed by atoms with Gasteiger partial charge in [0, 0.05) is 12.6 Å². The summed E-state index contributed by atoms with van der Waals surface area (Å²) in [6.45, 7) is 1.84. The molecule has 0 radical (unpaired) electrons. The van der Waals surface area contributed by atoms with Gasteiger partial charge in [-0.1, -0.05) is 13.0 Å². The Hall–Kier alpha value is -2.89. The van der Waals surface area contributed by atoms with Gasteiger partial charge in [0.05, 0.1) is 24.1 Å². The van der Waals surface area contributed by atoms with Gasteiger partial charge in [-0.3, -0.25) is 14.6 Å². The molecule has 0 aliphatic carbocycles. The van der Waals surface area contributed by atoms with Gasteiger partial charge in [-0.2, -0.15) is 0 Å². The average molecular weight is 312 g/mol. The zero-order chi connectivity index (χ0) is 16.4. The summed E-state index contributed by atoms with van der Waals surface area (Å²) in [4.78, 5) is 30.4. The molecule has 0 saturated carbocycles. The van der Waals surface area contributed by atoms with E-state index in [2.05, 4.69) is 4.98 Å². The zero-order valence-corrected chi connectivity index (χ0v) is 12.6. The Morgan fingerprint density at radius 2 is 2.17 bits per heavy atom. The standard InChI is InChI=1S/C17H16N2O4/c1-2-13(20)14-15(12-7-3-4-8-18-12)19(17(22)16(14)21)10-11-6-5-9-23-11/h3-9,15,21H,2,10H2,1H3. The fourth-order valence-corrected chi connectivity index (χ4v) is 2.71. The number of Topliss-reactive ketones (excluding diaryl/α,β-unsaturated/α-hetero) is 1. The summed E-state index contributed by atoms with van der Waals surface area (Å²) in [7, 11) is 0. The van der Waals surface area contributed by atoms with E-state index >= 15 is 0 Å². The van der Waals surface area contributed by atoms with Crippen LogP contribution in [0.15, 0.2) is 58.5 Å². The van der Waals surface area contributed by atoms with Crippen molar-refractivity contribution in [1.82, 2.24) is 9.88 Å². The van der Waals surface area contributed by atoms with Crippen LogP contribution >= 0.6 is 0 Å². The molecule has 1 N–H and O–H groups in total. The highest BCUT2D eigenvalue weighted by molar-refractivity contribution is 6.08. The van der Waals surface area contributed by atoms with Crippen LogP contribution in [0.2, 0.25) is 0 Å². The van der Waals surface area contributed by atoms with Gasteiger partial charge in [0.15, 0.2) is 11.5 Å². The Labute approximate surface area is 133 Å². The first-order valence-corrected chi connectivity index (χ1v) is 7.34. The number of carbonyl (C=O) groups excluding carboxylic acids is 2. The fourth-order valence-electron chi connectivity index (χ4n) is 2.71. The Morgan fingerprint density at radius 3 is 2.78 bits per heavy atom. The molecule has 0 bridgehead atoms. The minimum absolute atomic E-state index is 0.0998. The Balaban J connectivity index is 2.05. The summed E-state index contributed by atoms with van der Waals surface area (Å²) >= 11 is 0. The molecule has 1 aliphatic rings. The van der Waals surface area contributed by atoms with E-state index in [9.17, 15) is 14.7 Å². The van der Waals surface area contributed by atoms with Crippen LogP contribution in [0.4, 0.5) is 0 Å². The third-order valence-electron chi connectivity index (χ3n) is 3.80. The molecule has 6 nitrogen and oxygen atoms in total. The van der Waals surface area contributed by atoms with Crippen molar-refractivity contribution in [2.75, 3.05) is 0 Å². The van der Waals surface area contributed by atoms with Crippen LogP contribution in [-0.4, -0.2) is 26.7 Å². The van der Waals surface area contributed by atoms with Gasteiger partial charge < -0.3 is 14.4 Å². The summed E-state index contributed by atoms with van der Waals surface area (Å²) in [5.74, 6) is -0.793. The van der Waals surface area contributed by atoms with Gasteiger partial charge >= 0.3 is 0 Å². The highest BCUT2D eigenvalue weighted by Gasteiger charge is 2.43. The predicted octanol–water partition coefficient (Wildman–Crippen LogP) is 2.55.